The second kappa shape index (κ2) is 3.67. The van der Waals surface area contributed by atoms with Crippen LogP contribution in [0.3, 0.4) is 0 Å². The van der Waals surface area contributed by atoms with Gasteiger partial charge in [0.25, 0.3) is 0 Å². The van der Waals surface area contributed by atoms with Crippen molar-refractivity contribution in [1.29, 1.82) is 0 Å². The highest BCUT2D eigenvalue weighted by atomic mass is 16.3. The van der Waals surface area contributed by atoms with Gasteiger partial charge in [-0.15, -0.1) is 0 Å². The van der Waals surface area contributed by atoms with Gasteiger partial charge < -0.3 is 9.40 Å². The van der Waals surface area contributed by atoms with E-state index in [9.17, 15) is 0 Å². The van der Waals surface area contributed by atoms with Gasteiger partial charge in [-0.2, -0.15) is 0 Å². The molecule has 0 aliphatic rings. The molecule has 0 bridgehead atoms. The number of aromatic nitrogens is 1. The predicted molar refractivity (Wildman–Crippen MR) is 87.8 cm³/mol. The standard InChI is InChI=1S/C19H13NO/c1-11-6-7-14-16(10-11)20-15-9-8-13-12-4-2-3-5-17(12)21-19(13)18(14)15/h2-10,20H,1H3. The maximum Gasteiger partial charge on any atom is 0.145 e. The van der Waals surface area contributed by atoms with Crippen LogP contribution in [-0.2, 0) is 0 Å². The van der Waals surface area contributed by atoms with Gasteiger partial charge in [0.2, 0.25) is 0 Å². The Labute approximate surface area is 121 Å². The molecule has 0 fully saturated rings. The summed E-state index contributed by atoms with van der Waals surface area (Å²) in [7, 11) is 0. The van der Waals surface area contributed by atoms with E-state index in [1.807, 2.05) is 12.1 Å². The van der Waals surface area contributed by atoms with Crippen molar-refractivity contribution in [2.45, 2.75) is 6.92 Å². The smallest absolute Gasteiger partial charge is 0.145 e. The molecular formula is C19H13NO. The van der Waals surface area contributed by atoms with Crippen LogP contribution in [0.2, 0.25) is 0 Å². The Bertz CT molecular complexity index is 1140. The number of furan rings is 1. The summed E-state index contributed by atoms with van der Waals surface area (Å²) < 4.78 is 6.14. The molecule has 2 nitrogen and oxygen atoms in total. The Balaban J connectivity index is 2.09. The summed E-state index contributed by atoms with van der Waals surface area (Å²) in [5, 5.41) is 4.76. The molecule has 2 aromatic heterocycles. The van der Waals surface area contributed by atoms with Crippen molar-refractivity contribution in [3.05, 3.63) is 60.2 Å². The third-order valence-corrected chi connectivity index (χ3v) is 4.26. The van der Waals surface area contributed by atoms with Crippen LogP contribution in [0, 0.1) is 6.92 Å². The summed E-state index contributed by atoms with van der Waals surface area (Å²) in [5.41, 5.74) is 5.47. The third-order valence-electron chi connectivity index (χ3n) is 4.26. The number of H-pyrrole nitrogens is 1. The number of hydrogen-bond acceptors (Lipinski definition) is 1. The highest BCUT2D eigenvalue weighted by molar-refractivity contribution is 6.22. The number of aromatic amines is 1. The highest BCUT2D eigenvalue weighted by Crippen LogP contribution is 2.37. The summed E-state index contributed by atoms with van der Waals surface area (Å²) in [4.78, 5) is 3.50. The predicted octanol–water partition coefficient (Wildman–Crippen LogP) is 5.53. The van der Waals surface area contributed by atoms with Crippen LogP contribution in [-0.4, -0.2) is 4.98 Å². The lowest BCUT2D eigenvalue weighted by molar-refractivity contribution is 0.673. The minimum atomic E-state index is 0.946. The Morgan fingerprint density at radius 1 is 0.810 bits per heavy atom. The topological polar surface area (TPSA) is 28.9 Å². The van der Waals surface area contributed by atoms with Crippen LogP contribution in [0.4, 0.5) is 0 Å². The van der Waals surface area contributed by atoms with Gasteiger partial charge in [0, 0.05) is 21.7 Å². The molecule has 0 unspecified atom stereocenters. The van der Waals surface area contributed by atoms with Crippen molar-refractivity contribution >= 4 is 43.7 Å². The van der Waals surface area contributed by atoms with Crippen LogP contribution in [0.5, 0.6) is 0 Å². The normalized spacial score (nSPS) is 12.0. The number of nitrogens with one attached hydrogen (secondary N) is 1. The molecule has 0 saturated heterocycles. The lowest BCUT2D eigenvalue weighted by Crippen LogP contribution is -1.71. The van der Waals surface area contributed by atoms with Crippen LogP contribution >= 0.6 is 0 Å². The zero-order valence-corrected chi connectivity index (χ0v) is 11.6. The number of rotatable bonds is 0. The van der Waals surface area contributed by atoms with E-state index in [1.54, 1.807) is 0 Å². The van der Waals surface area contributed by atoms with Crippen molar-refractivity contribution in [2.24, 2.45) is 0 Å². The quantitative estimate of drug-likeness (QED) is 0.394. The van der Waals surface area contributed by atoms with Gasteiger partial charge in [-0.1, -0.05) is 30.3 Å². The molecule has 0 aliphatic heterocycles. The van der Waals surface area contributed by atoms with Crippen LogP contribution in [0.25, 0.3) is 43.7 Å². The third kappa shape index (κ3) is 1.37. The monoisotopic (exact) mass is 271 g/mol. The van der Waals surface area contributed by atoms with Gasteiger partial charge >= 0.3 is 0 Å². The van der Waals surface area contributed by atoms with Gasteiger partial charge in [-0.25, -0.2) is 0 Å². The molecule has 3 aromatic carbocycles. The molecule has 2 heteroatoms. The molecule has 2 heterocycles. The van der Waals surface area contributed by atoms with Gasteiger partial charge in [0.05, 0.1) is 10.9 Å². The van der Waals surface area contributed by atoms with Crippen molar-refractivity contribution < 1.29 is 4.42 Å². The van der Waals surface area contributed by atoms with Crippen LogP contribution < -0.4 is 0 Å². The summed E-state index contributed by atoms with van der Waals surface area (Å²) in [6, 6.07) is 19.0. The first-order valence-electron chi connectivity index (χ1n) is 7.13. The van der Waals surface area contributed by atoms with Crippen molar-refractivity contribution in [1.82, 2.24) is 4.98 Å². The molecule has 1 N–H and O–H groups in total. The summed E-state index contributed by atoms with van der Waals surface area (Å²) in [6.45, 7) is 2.11. The molecule has 0 saturated carbocycles. The van der Waals surface area contributed by atoms with E-state index in [1.165, 1.54) is 27.1 Å². The number of para-hydroxylation sites is 1. The average molecular weight is 271 g/mol. The Kier molecular flexibility index (Phi) is 1.92. The lowest BCUT2D eigenvalue weighted by atomic mass is 10.1. The van der Waals surface area contributed by atoms with Gasteiger partial charge in [0.15, 0.2) is 0 Å². The Morgan fingerprint density at radius 3 is 2.62 bits per heavy atom. The molecule has 100 valence electrons. The maximum atomic E-state index is 6.14. The van der Waals surface area contributed by atoms with E-state index in [2.05, 4.69) is 54.4 Å². The maximum absolute atomic E-state index is 6.14. The molecular weight excluding hydrogens is 258 g/mol. The minimum absolute atomic E-state index is 0.946. The fourth-order valence-corrected chi connectivity index (χ4v) is 3.29. The fourth-order valence-electron chi connectivity index (χ4n) is 3.29. The van der Waals surface area contributed by atoms with Crippen LogP contribution in [0.1, 0.15) is 5.56 Å². The van der Waals surface area contributed by atoms with E-state index < -0.39 is 0 Å². The van der Waals surface area contributed by atoms with E-state index >= 15 is 0 Å². The minimum Gasteiger partial charge on any atom is -0.455 e. The molecule has 0 aliphatic carbocycles. The summed E-state index contributed by atoms with van der Waals surface area (Å²) in [5.74, 6) is 0. The van der Waals surface area contributed by atoms with Gasteiger partial charge in [-0.05, 0) is 36.8 Å². The second-order valence-electron chi connectivity index (χ2n) is 5.64. The highest BCUT2D eigenvalue weighted by Gasteiger charge is 2.13. The second-order valence-corrected chi connectivity index (χ2v) is 5.64. The summed E-state index contributed by atoms with van der Waals surface area (Å²) >= 11 is 0. The number of fused-ring (bicyclic) bond motifs is 7. The van der Waals surface area contributed by atoms with E-state index in [0.717, 1.165) is 22.2 Å². The first-order chi connectivity index (χ1) is 10.3. The van der Waals surface area contributed by atoms with Crippen LogP contribution in [0.15, 0.2) is 59.0 Å². The SMILES string of the molecule is Cc1ccc2c(c1)[nH]c1ccc3c4ccccc4oc3c12. The lowest BCUT2D eigenvalue weighted by Gasteiger charge is -1.94. The zero-order chi connectivity index (χ0) is 14.0. The van der Waals surface area contributed by atoms with Gasteiger partial charge in [-0.3, -0.25) is 0 Å². The number of aryl methyl sites for hydroxylation is 1. The zero-order valence-electron chi connectivity index (χ0n) is 11.6. The summed E-state index contributed by atoms with van der Waals surface area (Å²) in [6.07, 6.45) is 0. The van der Waals surface area contributed by atoms with E-state index in [-0.39, 0.29) is 0 Å². The Hall–Kier alpha value is -2.74. The largest absolute Gasteiger partial charge is 0.455 e. The Morgan fingerprint density at radius 2 is 1.67 bits per heavy atom. The number of hydrogen-bond donors (Lipinski definition) is 1. The molecule has 5 aromatic rings. The molecule has 0 atom stereocenters. The first kappa shape index (κ1) is 11.0. The fraction of sp³-hybridized carbons (Fsp3) is 0.0526. The van der Waals surface area contributed by atoms with E-state index in [0.29, 0.717) is 0 Å². The molecule has 0 amide bonds. The van der Waals surface area contributed by atoms with Crippen molar-refractivity contribution in [3.8, 4) is 0 Å². The molecule has 0 spiro atoms. The van der Waals surface area contributed by atoms with Crippen molar-refractivity contribution in [2.75, 3.05) is 0 Å². The number of benzene rings is 3. The van der Waals surface area contributed by atoms with Gasteiger partial charge in [0.1, 0.15) is 11.2 Å². The average Bonchev–Trinajstić information content (AvgIpc) is 3.03. The molecule has 21 heavy (non-hydrogen) atoms. The first-order valence-corrected chi connectivity index (χ1v) is 7.13. The van der Waals surface area contributed by atoms with Crippen molar-refractivity contribution in [3.63, 3.8) is 0 Å². The molecule has 0 radical (unpaired) electrons. The molecule has 5 rings (SSSR count). The van der Waals surface area contributed by atoms with E-state index in [4.69, 9.17) is 4.42 Å².